The molecule has 0 saturated heterocycles. The minimum absolute atomic E-state index is 0.661. The van der Waals surface area contributed by atoms with Crippen LogP contribution in [-0.2, 0) is 0 Å². The quantitative estimate of drug-likeness (QED) is 0.435. The summed E-state index contributed by atoms with van der Waals surface area (Å²) < 4.78 is 5.15. The van der Waals surface area contributed by atoms with Crippen LogP contribution in [-0.4, -0.2) is 25.2 Å². The molecule has 1 aromatic carbocycles. The molecule has 0 spiro atoms. The molecule has 0 bridgehead atoms. The van der Waals surface area contributed by atoms with Gasteiger partial charge in [-0.05, 0) is 12.1 Å². The van der Waals surface area contributed by atoms with E-state index in [0.717, 1.165) is 23.7 Å². The SMILES string of the molecule is C=CCSCCNc1ccc(N)c(OC)c1. The fourth-order valence-electron chi connectivity index (χ4n) is 1.26. The molecule has 4 heteroatoms. The van der Waals surface area contributed by atoms with E-state index in [1.54, 1.807) is 7.11 Å². The molecule has 0 aromatic heterocycles. The zero-order valence-electron chi connectivity index (χ0n) is 9.53. The molecule has 0 aliphatic heterocycles. The lowest BCUT2D eigenvalue weighted by molar-refractivity contribution is 0.417. The molecule has 0 aliphatic carbocycles. The van der Waals surface area contributed by atoms with E-state index in [4.69, 9.17) is 10.5 Å². The van der Waals surface area contributed by atoms with Gasteiger partial charge in [-0.25, -0.2) is 0 Å². The van der Waals surface area contributed by atoms with Gasteiger partial charge in [0.2, 0.25) is 0 Å². The predicted molar refractivity (Wildman–Crippen MR) is 73.4 cm³/mol. The molecule has 3 nitrogen and oxygen atoms in total. The first-order chi connectivity index (χ1) is 7.77. The van der Waals surface area contributed by atoms with Crippen molar-refractivity contribution in [1.29, 1.82) is 0 Å². The smallest absolute Gasteiger partial charge is 0.143 e. The van der Waals surface area contributed by atoms with E-state index >= 15 is 0 Å². The average Bonchev–Trinajstić information content (AvgIpc) is 2.31. The van der Waals surface area contributed by atoms with Crippen molar-refractivity contribution in [2.24, 2.45) is 0 Å². The number of rotatable bonds is 7. The van der Waals surface area contributed by atoms with Crippen LogP contribution in [0.25, 0.3) is 0 Å². The fraction of sp³-hybridized carbons (Fsp3) is 0.333. The van der Waals surface area contributed by atoms with E-state index in [-0.39, 0.29) is 0 Å². The molecule has 16 heavy (non-hydrogen) atoms. The van der Waals surface area contributed by atoms with Gasteiger partial charge in [0.25, 0.3) is 0 Å². The third-order valence-electron chi connectivity index (χ3n) is 2.04. The summed E-state index contributed by atoms with van der Waals surface area (Å²) in [6.45, 7) is 4.60. The lowest BCUT2D eigenvalue weighted by Gasteiger charge is -2.09. The van der Waals surface area contributed by atoms with Crippen LogP contribution in [0.1, 0.15) is 0 Å². The summed E-state index contributed by atoms with van der Waals surface area (Å²) in [5.41, 5.74) is 7.42. The Kier molecular flexibility index (Phi) is 5.64. The molecular weight excluding hydrogens is 220 g/mol. The van der Waals surface area contributed by atoms with Gasteiger partial charge in [-0.1, -0.05) is 6.08 Å². The molecule has 3 N–H and O–H groups in total. The summed E-state index contributed by atoms with van der Waals surface area (Å²) in [5.74, 6) is 2.76. The highest BCUT2D eigenvalue weighted by atomic mass is 32.2. The second-order valence-electron chi connectivity index (χ2n) is 3.25. The molecule has 1 aromatic rings. The van der Waals surface area contributed by atoms with Gasteiger partial charge in [0.05, 0.1) is 12.8 Å². The van der Waals surface area contributed by atoms with Crippen molar-refractivity contribution < 1.29 is 4.74 Å². The van der Waals surface area contributed by atoms with E-state index in [1.165, 1.54) is 0 Å². The summed E-state index contributed by atoms with van der Waals surface area (Å²) in [6.07, 6.45) is 1.91. The van der Waals surface area contributed by atoms with Crippen molar-refractivity contribution in [2.75, 3.05) is 36.2 Å². The van der Waals surface area contributed by atoms with E-state index in [2.05, 4.69) is 11.9 Å². The molecule has 0 heterocycles. The lowest BCUT2D eigenvalue weighted by Crippen LogP contribution is -2.04. The van der Waals surface area contributed by atoms with Crippen molar-refractivity contribution in [3.05, 3.63) is 30.9 Å². The Labute approximate surface area is 101 Å². The van der Waals surface area contributed by atoms with Gasteiger partial charge in [-0.15, -0.1) is 6.58 Å². The highest BCUT2D eigenvalue weighted by molar-refractivity contribution is 7.99. The maximum atomic E-state index is 5.73. The Morgan fingerprint density at radius 2 is 2.38 bits per heavy atom. The number of nitrogens with one attached hydrogen (secondary N) is 1. The second kappa shape index (κ2) is 7.06. The molecule has 0 aliphatic rings. The molecule has 88 valence electrons. The van der Waals surface area contributed by atoms with Crippen LogP contribution in [0.2, 0.25) is 0 Å². The number of benzene rings is 1. The van der Waals surface area contributed by atoms with Gasteiger partial charge in [0.1, 0.15) is 5.75 Å². The van der Waals surface area contributed by atoms with Gasteiger partial charge < -0.3 is 15.8 Å². The third-order valence-corrected chi connectivity index (χ3v) is 3.01. The Hall–Kier alpha value is -1.29. The Morgan fingerprint density at radius 1 is 1.56 bits per heavy atom. The molecule has 0 amide bonds. The van der Waals surface area contributed by atoms with Crippen LogP contribution in [0.15, 0.2) is 30.9 Å². The van der Waals surface area contributed by atoms with Crippen LogP contribution in [0.5, 0.6) is 5.75 Å². The molecule has 0 unspecified atom stereocenters. The standard InChI is InChI=1S/C12H18N2OS/c1-3-7-16-8-6-14-10-4-5-11(13)12(9-10)15-2/h3-5,9,14H,1,6-8,13H2,2H3. The second-order valence-corrected chi connectivity index (χ2v) is 4.40. The minimum Gasteiger partial charge on any atom is -0.495 e. The monoisotopic (exact) mass is 238 g/mol. The van der Waals surface area contributed by atoms with Crippen LogP contribution in [0, 0.1) is 0 Å². The fourth-order valence-corrected chi connectivity index (χ4v) is 1.84. The molecule has 1 rings (SSSR count). The molecule has 0 radical (unpaired) electrons. The molecule has 0 saturated carbocycles. The normalized spacial score (nSPS) is 9.81. The largest absolute Gasteiger partial charge is 0.495 e. The predicted octanol–water partition coefficient (Wildman–Crippen LogP) is 2.61. The number of nitrogen functional groups attached to an aromatic ring is 1. The van der Waals surface area contributed by atoms with Gasteiger partial charge in [0, 0.05) is 29.8 Å². The first kappa shape index (κ1) is 12.8. The van der Waals surface area contributed by atoms with Crippen molar-refractivity contribution in [3.8, 4) is 5.75 Å². The lowest BCUT2D eigenvalue weighted by atomic mass is 10.2. The summed E-state index contributed by atoms with van der Waals surface area (Å²) >= 11 is 1.85. The summed E-state index contributed by atoms with van der Waals surface area (Å²) in [7, 11) is 1.62. The van der Waals surface area contributed by atoms with Crippen LogP contribution < -0.4 is 15.8 Å². The topological polar surface area (TPSA) is 47.3 Å². The molecular formula is C12H18N2OS. The zero-order valence-corrected chi connectivity index (χ0v) is 10.3. The minimum atomic E-state index is 0.661. The highest BCUT2D eigenvalue weighted by Gasteiger charge is 1.99. The Bertz CT molecular complexity index is 342. The van der Waals surface area contributed by atoms with Crippen molar-refractivity contribution in [3.63, 3.8) is 0 Å². The van der Waals surface area contributed by atoms with Crippen molar-refractivity contribution in [2.45, 2.75) is 0 Å². The van der Waals surface area contributed by atoms with Gasteiger partial charge in [-0.3, -0.25) is 0 Å². The highest BCUT2D eigenvalue weighted by Crippen LogP contribution is 2.24. The molecule has 0 atom stereocenters. The molecule has 0 fully saturated rings. The summed E-state index contributed by atoms with van der Waals surface area (Å²) in [5, 5.41) is 3.31. The number of anilines is 2. The number of methoxy groups -OCH3 is 1. The van der Waals surface area contributed by atoms with Crippen LogP contribution in [0.4, 0.5) is 11.4 Å². The van der Waals surface area contributed by atoms with Gasteiger partial charge in [0.15, 0.2) is 0 Å². The maximum absolute atomic E-state index is 5.73. The van der Waals surface area contributed by atoms with Crippen molar-refractivity contribution >= 4 is 23.1 Å². The third kappa shape index (κ3) is 4.06. The van der Waals surface area contributed by atoms with E-state index in [1.807, 2.05) is 36.0 Å². The maximum Gasteiger partial charge on any atom is 0.143 e. The first-order valence-electron chi connectivity index (χ1n) is 5.14. The summed E-state index contributed by atoms with van der Waals surface area (Å²) in [4.78, 5) is 0. The Balaban J connectivity index is 2.39. The number of thioether (sulfide) groups is 1. The van der Waals surface area contributed by atoms with Gasteiger partial charge >= 0.3 is 0 Å². The first-order valence-corrected chi connectivity index (χ1v) is 6.29. The Morgan fingerprint density at radius 3 is 3.06 bits per heavy atom. The number of nitrogens with two attached hydrogens (primary N) is 1. The van der Waals surface area contributed by atoms with E-state index in [9.17, 15) is 0 Å². The van der Waals surface area contributed by atoms with E-state index in [0.29, 0.717) is 11.4 Å². The van der Waals surface area contributed by atoms with E-state index < -0.39 is 0 Å². The van der Waals surface area contributed by atoms with Gasteiger partial charge in [-0.2, -0.15) is 11.8 Å². The van der Waals surface area contributed by atoms with Crippen molar-refractivity contribution in [1.82, 2.24) is 0 Å². The summed E-state index contributed by atoms with van der Waals surface area (Å²) in [6, 6.07) is 5.71. The van der Waals surface area contributed by atoms with Crippen LogP contribution in [0.3, 0.4) is 0 Å². The number of ether oxygens (including phenoxy) is 1. The van der Waals surface area contributed by atoms with Crippen LogP contribution >= 0.6 is 11.8 Å². The number of hydrogen-bond acceptors (Lipinski definition) is 4. The zero-order chi connectivity index (χ0) is 11.8. The average molecular weight is 238 g/mol. The number of hydrogen-bond donors (Lipinski definition) is 2.